The summed E-state index contributed by atoms with van der Waals surface area (Å²) in [5.74, 6) is 0.857. The first-order valence-electron chi connectivity index (χ1n) is 10.4. The van der Waals surface area contributed by atoms with Crippen LogP contribution in [0.2, 0.25) is 0 Å². The van der Waals surface area contributed by atoms with Gasteiger partial charge in [-0.15, -0.1) is 0 Å². The molecule has 0 radical (unpaired) electrons. The number of hydrogen-bond donors (Lipinski definition) is 1. The Morgan fingerprint density at radius 2 is 1.71 bits per heavy atom. The first-order chi connectivity index (χ1) is 14.8. The molecule has 0 saturated carbocycles. The maximum atomic E-state index is 12.6. The number of aliphatic imine (C=N–C) groups is 1. The van der Waals surface area contributed by atoms with E-state index in [0.717, 1.165) is 42.0 Å². The fraction of sp³-hybridized carbons (Fsp3) is 0.391. The van der Waals surface area contributed by atoms with Gasteiger partial charge in [0, 0.05) is 45.7 Å². The topological polar surface area (TPSA) is 82.1 Å². The number of benzene rings is 2. The van der Waals surface area contributed by atoms with Crippen molar-refractivity contribution in [2.45, 2.75) is 24.7 Å². The van der Waals surface area contributed by atoms with Gasteiger partial charge in [-0.1, -0.05) is 42.0 Å². The van der Waals surface area contributed by atoms with Crippen LogP contribution in [0.5, 0.6) is 0 Å². The number of rotatable bonds is 9. The monoisotopic (exact) mass is 442 g/mol. The van der Waals surface area contributed by atoms with Crippen LogP contribution in [0.3, 0.4) is 0 Å². The number of sulfonamides is 1. The lowest BCUT2D eigenvalue weighted by atomic mass is 10.1. The van der Waals surface area contributed by atoms with E-state index < -0.39 is 10.0 Å². The van der Waals surface area contributed by atoms with Gasteiger partial charge in [-0.25, -0.2) is 12.7 Å². The minimum absolute atomic E-state index is 0.0768. The molecule has 1 amide bonds. The van der Waals surface area contributed by atoms with E-state index in [2.05, 4.69) is 22.4 Å². The van der Waals surface area contributed by atoms with E-state index in [9.17, 15) is 13.2 Å². The van der Waals surface area contributed by atoms with Crippen molar-refractivity contribution in [2.75, 3.05) is 40.3 Å². The van der Waals surface area contributed by atoms with Crippen LogP contribution in [0.25, 0.3) is 0 Å². The van der Waals surface area contributed by atoms with Crippen molar-refractivity contribution in [2.24, 2.45) is 4.99 Å². The van der Waals surface area contributed by atoms with Gasteiger partial charge in [-0.3, -0.25) is 9.79 Å². The average molecular weight is 443 g/mol. The van der Waals surface area contributed by atoms with E-state index in [1.165, 1.54) is 11.4 Å². The fourth-order valence-electron chi connectivity index (χ4n) is 3.30. The Balaban J connectivity index is 1.47. The number of nitrogens with one attached hydrogen (secondary N) is 1. The molecule has 2 aromatic carbocycles. The predicted octanol–water partition coefficient (Wildman–Crippen LogP) is 2.06. The Bertz CT molecular complexity index is 1030. The summed E-state index contributed by atoms with van der Waals surface area (Å²) in [6.07, 6.45) is 0.877. The molecule has 1 heterocycles. The second-order valence-corrected chi connectivity index (χ2v) is 9.85. The molecule has 1 N–H and O–H groups in total. The zero-order chi connectivity index (χ0) is 22.4. The molecule has 0 aliphatic carbocycles. The first kappa shape index (κ1) is 23.0. The highest BCUT2D eigenvalue weighted by Crippen LogP contribution is 2.15. The molecule has 8 heteroatoms. The molecule has 31 heavy (non-hydrogen) atoms. The Morgan fingerprint density at radius 3 is 2.32 bits per heavy atom. The van der Waals surface area contributed by atoms with Gasteiger partial charge in [-0.2, -0.15) is 0 Å². The number of carbonyl (C=O) groups is 1. The summed E-state index contributed by atoms with van der Waals surface area (Å²) in [7, 11) is -0.336. The van der Waals surface area contributed by atoms with Crippen molar-refractivity contribution in [3.8, 4) is 0 Å². The van der Waals surface area contributed by atoms with E-state index in [1.54, 1.807) is 36.2 Å². The smallest absolute Gasteiger partial charge is 0.242 e. The molecular weight excluding hydrogens is 412 g/mol. The summed E-state index contributed by atoms with van der Waals surface area (Å²) < 4.78 is 26.5. The average Bonchev–Trinajstić information content (AvgIpc) is 3.31. The van der Waals surface area contributed by atoms with Crippen LogP contribution < -0.4 is 5.32 Å². The Hall–Kier alpha value is -2.71. The lowest BCUT2D eigenvalue weighted by Crippen LogP contribution is -2.34. The van der Waals surface area contributed by atoms with Crippen molar-refractivity contribution in [1.82, 2.24) is 14.5 Å². The van der Waals surface area contributed by atoms with Crippen molar-refractivity contribution in [3.05, 3.63) is 65.2 Å². The second-order valence-electron chi connectivity index (χ2n) is 7.81. The third kappa shape index (κ3) is 5.92. The summed E-state index contributed by atoms with van der Waals surface area (Å²) in [5, 5.41) is 3.25. The number of nitrogens with zero attached hydrogens (tertiary/aromatic N) is 3. The molecule has 0 atom stereocenters. The van der Waals surface area contributed by atoms with Crippen molar-refractivity contribution >= 4 is 21.8 Å². The number of aryl methyl sites for hydroxylation is 1. The summed E-state index contributed by atoms with van der Waals surface area (Å²) >= 11 is 0. The molecule has 2 aromatic rings. The van der Waals surface area contributed by atoms with E-state index in [-0.39, 0.29) is 23.8 Å². The molecule has 0 bridgehead atoms. The first-order valence-corrected chi connectivity index (χ1v) is 11.9. The predicted molar refractivity (Wildman–Crippen MR) is 123 cm³/mol. The maximum absolute atomic E-state index is 12.6. The summed E-state index contributed by atoms with van der Waals surface area (Å²) in [6.45, 7) is 4.32. The Labute approximate surface area is 184 Å². The van der Waals surface area contributed by atoms with Gasteiger partial charge in [0.1, 0.15) is 5.84 Å². The van der Waals surface area contributed by atoms with Gasteiger partial charge in [0.05, 0.1) is 11.4 Å². The molecule has 3 rings (SSSR count). The van der Waals surface area contributed by atoms with Crippen molar-refractivity contribution in [1.29, 1.82) is 0 Å². The quantitative estimate of drug-likeness (QED) is 0.645. The van der Waals surface area contributed by atoms with Gasteiger partial charge in [0.15, 0.2) is 0 Å². The van der Waals surface area contributed by atoms with Gasteiger partial charge in [0.2, 0.25) is 15.9 Å². The molecule has 1 aliphatic rings. The van der Waals surface area contributed by atoms with E-state index in [0.29, 0.717) is 6.54 Å². The van der Waals surface area contributed by atoms with Crippen LogP contribution in [-0.2, 0) is 21.2 Å². The van der Waals surface area contributed by atoms with Crippen LogP contribution in [0.1, 0.15) is 23.1 Å². The normalized spacial score (nSPS) is 13.7. The number of amidine groups is 1. The maximum Gasteiger partial charge on any atom is 0.242 e. The summed E-state index contributed by atoms with van der Waals surface area (Å²) in [5.41, 5.74) is 3.21. The van der Waals surface area contributed by atoms with Crippen LogP contribution >= 0.6 is 0 Å². The Morgan fingerprint density at radius 1 is 1.03 bits per heavy atom. The summed E-state index contributed by atoms with van der Waals surface area (Å²) in [4.78, 5) is 18.8. The van der Waals surface area contributed by atoms with E-state index >= 15 is 0 Å². The number of likely N-dealkylation sites (N-methyl/N-ethyl adjacent to an activating group) is 1. The lowest BCUT2D eigenvalue weighted by Gasteiger charge is -2.20. The molecule has 7 nitrogen and oxygen atoms in total. The van der Waals surface area contributed by atoms with Crippen LogP contribution in [0, 0.1) is 6.92 Å². The molecule has 0 unspecified atom stereocenters. The number of amides is 1. The molecule has 166 valence electrons. The van der Waals surface area contributed by atoms with Gasteiger partial charge in [0.25, 0.3) is 0 Å². The van der Waals surface area contributed by atoms with E-state index in [1.807, 2.05) is 19.1 Å². The highest BCUT2D eigenvalue weighted by molar-refractivity contribution is 7.89. The zero-order valence-electron chi connectivity index (χ0n) is 18.3. The molecule has 0 spiro atoms. The number of hydrogen-bond acceptors (Lipinski definition) is 5. The lowest BCUT2D eigenvalue weighted by molar-refractivity contribution is -0.129. The molecule has 0 saturated heterocycles. The van der Waals surface area contributed by atoms with Crippen molar-refractivity contribution < 1.29 is 13.2 Å². The second kappa shape index (κ2) is 10.1. The molecule has 0 aromatic heterocycles. The third-order valence-corrected chi connectivity index (χ3v) is 7.30. The minimum Gasteiger partial charge on any atom is -0.368 e. The standard InChI is InChI=1S/C23H30N4O3S/c1-18-4-10-21(11-5-18)31(29,30)27(3)17-13-22(28)26(2)16-12-19-6-8-20(9-7-19)23-24-14-15-25-23/h4-11H,12-17H2,1-3H3,(H,24,25). The highest BCUT2D eigenvalue weighted by atomic mass is 32.2. The SMILES string of the molecule is Cc1ccc(S(=O)(=O)N(C)CCC(=O)N(C)CCc2ccc(C3=NCCN3)cc2)cc1. The minimum atomic E-state index is -3.60. The molecule has 1 aliphatic heterocycles. The third-order valence-electron chi connectivity index (χ3n) is 5.43. The largest absolute Gasteiger partial charge is 0.368 e. The van der Waals surface area contributed by atoms with Crippen molar-refractivity contribution in [3.63, 3.8) is 0 Å². The Kier molecular flexibility index (Phi) is 7.46. The van der Waals surface area contributed by atoms with E-state index in [4.69, 9.17) is 0 Å². The zero-order valence-corrected chi connectivity index (χ0v) is 19.2. The molecular formula is C23H30N4O3S. The van der Waals surface area contributed by atoms with Crippen LogP contribution in [0.4, 0.5) is 0 Å². The van der Waals surface area contributed by atoms with Gasteiger partial charge >= 0.3 is 0 Å². The fourth-order valence-corrected chi connectivity index (χ4v) is 4.47. The van der Waals surface area contributed by atoms with Gasteiger partial charge < -0.3 is 10.2 Å². The number of carbonyl (C=O) groups excluding carboxylic acids is 1. The highest BCUT2D eigenvalue weighted by Gasteiger charge is 2.21. The summed E-state index contributed by atoms with van der Waals surface area (Å²) in [6, 6.07) is 14.9. The van der Waals surface area contributed by atoms with Crippen LogP contribution in [-0.4, -0.2) is 69.6 Å². The molecule has 0 fully saturated rings. The van der Waals surface area contributed by atoms with Gasteiger partial charge in [-0.05, 0) is 31.0 Å². The van der Waals surface area contributed by atoms with Crippen LogP contribution in [0.15, 0.2) is 58.4 Å².